The second-order valence-corrected chi connectivity index (χ2v) is 10.1. The van der Waals surface area contributed by atoms with Crippen molar-refractivity contribution >= 4 is 23.4 Å². The molecule has 0 fully saturated rings. The lowest BCUT2D eigenvalue weighted by molar-refractivity contribution is -0.139. The number of rotatable bonds is 9. The van der Waals surface area contributed by atoms with Gasteiger partial charge in [-0.05, 0) is 56.0 Å². The first-order valence-corrected chi connectivity index (χ1v) is 13.3. The van der Waals surface area contributed by atoms with E-state index < -0.39 is 12.0 Å². The van der Waals surface area contributed by atoms with E-state index in [0.29, 0.717) is 51.2 Å². The number of ether oxygens (including phenoxy) is 3. The highest BCUT2D eigenvalue weighted by Crippen LogP contribution is 2.31. The third-order valence-corrected chi connectivity index (χ3v) is 6.75. The Bertz CT molecular complexity index is 1480. The Kier molecular flexibility index (Phi) is 8.28. The number of thiazole rings is 1. The van der Waals surface area contributed by atoms with Crippen LogP contribution in [0.15, 0.2) is 69.6 Å². The molecule has 0 N–H and O–H groups in total. The van der Waals surface area contributed by atoms with E-state index in [1.54, 1.807) is 18.4 Å². The van der Waals surface area contributed by atoms with Crippen molar-refractivity contribution in [3.63, 3.8) is 0 Å². The third-order valence-electron chi connectivity index (χ3n) is 5.77. The molecule has 194 valence electrons. The van der Waals surface area contributed by atoms with Gasteiger partial charge in [0.15, 0.2) is 16.3 Å². The zero-order valence-electron chi connectivity index (χ0n) is 21.8. The smallest absolute Gasteiger partial charge is 0.338 e. The average Bonchev–Trinajstić information content (AvgIpc) is 3.17. The minimum atomic E-state index is -0.621. The van der Waals surface area contributed by atoms with Gasteiger partial charge >= 0.3 is 5.97 Å². The van der Waals surface area contributed by atoms with Crippen molar-refractivity contribution in [1.82, 2.24) is 4.57 Å². The van der Waals surface area contributed by atoms with Gasteiger partial charge in [-0.2, -0.15) is 0 Å². The predicted octanol–water partition coefficient (Wildman–Crippen LogP) is 4.23. The van der Waals surface area contributed by atoms with E-state index >= 15 is 0 Å². The van der Waals surface area contributed by atoms with Crippen LogP contribution in [-0.4, -0.2) is 30.4 Å². The lowest BCUT2D eigenvalue weighted by Crippen LogP contribution is -2.39. The van der Waals surface area contributed by atoms with E-state index in [1.807, 2.05) is 61.5 Å². The number of carbonyl (C=O) groups is 1. The van der Waals surface area contributed by atoms with Crippen LogP contribution in [0.25, 0.3) is 6.08 Å². The number of benzene rings is 2. The predicted molar refractivity (Wildman–Crippen MR) is 145 cm³/mol. The molecule has 0 saturated carbocycles. The van der Waals surface area contributed by atoms with Crippen LogP contribution in [-0.2, 0) is 9.53 Å². The highest BCUT2D eigenvalue weighted by atomic mass is 32.1. The molecule has 2 aromatic carbocycles. The minimum absolute atomic E-state index is 0.218. The Hall–Kier alpha value is -3.65. The van der Waals surface area contributed by atoms with Gasteiger partial charge in [-0.25, -0.2) is 9.79 Å². The quantitative estimate of drug-likeness (QED) is 0.395. The van der Waals surface area contributed by atoms with E-state index in [1.165, 1.54) is 11.3 Å². The Morgan fingerprint density at radius 1 is 1.08 bits per heavy atom. The molecule has 1 atom stereocenters. The van der Waals surface area contributed by atoms with Crippen LogP contribution >= 0.6 is 11.3 Å². The van der Waals surface area contributed by atoms with Crippen LogP contribution in [0.4, 0.5) is 0 Å². The summed E-state index contributed by atoms with van der Waals surface area (Å²) in [6, 6.07) is 14.5. The SMILES string of the molecule is CCOC(=O)C1=C(C)N=c2s/c(=C\c3ccc(OCC(C)C)c(OCC)c3)c(=O)n2[C@@H]1c1ccccc1. The molecule has 0 unspecified atom stereocenters. The summed E-state index contributed by atoms with van der Waals surface area (Å²) in [7, 11) is 0. The van der Waals surface area contributed by atoms with Gasteiger partial charge in [-0.3, -0.25) is 9.36 Å². The van der Waals surface area contributed by atoms with E-state index in [2.05, 4.69) is 18.8 Å². The fourth-order valence-electron chi connectivity index (χ4n) is 4.15. The van der Waals surface area contributed by atoms with Gasteiger partial charge < -0.3 is 14.2 Å². The molecule has 0 amide bonds. The van der Waals surface area contributed by atoms with Gasteiger partial charge in [-0.15, -0.1) is 0 Å². The second-order valence-electron chi connectivity index (χ2n) is 9.06. The molecule has 4 rings (SSSR count). The first-order valence-electron chi connectivity index (χ1n) is 12.5. The van der Waals surface area contributed by atoms with Crippen molar-refractivity contribution in [2.75, 3.05) is 19.8 Å². The number of esters is 1. The third kappa shape index (κ3) is 5.69. The molecule has 0 aliphatic carbocycles. The Morgan fingerprint density at radius 2 is 1.84 bits per heavy atom. The number of hydrogen-bond acceptors (Lipinski definition) is 7. The van der Waals surface area contributed by atoms with E-state index in [4.69, 9.17) is 14.2 Å². The highest BCUT2D eigenvalue weighted by molar-refractivity contribution is 7.07. The summed E-state index contributed by atoms with van der Waals surface area (Å²) in [5, 5.41) is 0. The van der Waals surface area contributed by atoms with Crippen LogP contribution in [0.5, 0.6) is 11.5 Å². The molecule has 7 nitrogen and oxygen atoms in total. The summed E-state index contributed by atoms with van der Waals surface area (Å²) >= 11 is 1.29. The molecule has 1 aliphatic rings. The van der Waals surface area contributed by atoms with E-state index in [9.17, 15) is 9.59 Å². The maximum atomic E-state index is 13.7. The fraction of sp³-hybridized carbons (Fsp3) is 0.345. The molecule has 3 aromatic rings. The number of aromatic nitrogens is 1. The van der Waals surface area contributed by atoms with Crippen molar-refractivity contribution in [2.45, 2.75) is 40.7 Å². The zero-order chi connectivity index (χ0) is 26.5. The summed E-state index contributed by atoms with van der Waals surface area (Å²) < 4.78 is 19.2. The first kappa shape index (κ1) is 26.4. The van der Waals surface area contributed by atoms with Crippen LogP contribution in [0.3, 0.4) is 0 Å². The van der Waals surface area contributed by atoms with Crippen molar-refractivity contribution in [3.8, 4) is 11.5 Å². The summed E-state index contributed by atoms with van der Waals surface area (Å²) in [5.41, 5.74) is 2.33. The maximum Gasteiger partial charge on any atom is 0.338 e. The largest absolute Gasteiger partial charge is 0.490 e. The average molecular weight is 521 g/mol. The topological polar surface area (TPSA) is 79.1 Å². The zero-order valence-corrected chi connectivity index (χ0v) is 22.6. The molecular weight excluding hydrogens is 488 g/mol. The van der Waals surface area contributed by atoms with Gasteiger partial charge in [0, 0.05) is 0 Å². The first-order chi connectivity index (χ1) is 17.8. The van der Waals surface area contributed by atoms with Crippen molar-refractivity contribution in [2.24, 2.45) is 10.9 Å². The van der Waals surface area contributed by atoms with Crippen molar-refractivity contribution in [1.29, 1.82) is 0 Å². The molecule has 8 heteroatoms. The highest BCUT2D eigenvalue weighted by Gasteiger charge is 2.33. The molecule has 0 saturated heterocycles. The summed E-state index contributed by atoms with van der Waals surface area (Å²) in [6.45, 7) is 11.0. The minimum Gasteiger partial charge on any atom is -0.490 e. The van der Waals surface area contributed by atoms with Crippen molar-refractivity contribution in [3.05, 3.63) is 90.6 Å². The number of carbonyl (C=O) groups excluding carboxylic acids is 1. The van der Waals surface area contributed by atoms with Crippen LogP contribution < -0.4 is 24.4 Å². The van der Waals surface area contributed by atoms with Gasteiger partial charge in [-0.1, -0.05) is 61.6 Å². The van der Waals surface area contributed by atoms with Gasteiger partial charge in [0.2, 0.25) is 0 Å². The molecule has 1 aliphatic heterocycles. The fourth-order valence-corrected chi connectivity index (χ4v) is 5.20. The molecule has 1 aromatic heterocycles. The molecule has 37 heavy (non-hydrogen) atoms. The molecule has 0 bridgehead atoms. The lowest BCUT2D eigenvalue weighted by atomic mass is 9.96. The summed E-state index contributed by atoms with van der Waals surface area (Å²) in [6.07, 6.45) is 1.82. The summed E-state index contributed by atoms with van der Waals surface area (Å²) in [5.74, 6) is 1.22. The van der Waals surface area contributed by atoms with Crippen LogP contribution in [0, 0.1) is 5.92 Å². The van der Waals surface area contributed by atoms with E-state index in [0.717, 1.165) is 11.1 Å². The van der Waals surface area contributed by atoms with Gasteiger partial charge in [0.05, 0.1) is 41.7 Å². The number of allylic oxidation sites excluding steroid dienone is 1. The number of fused-ring (bicyclic) bond motifs is 1. The second kappa shape index (κ2) is 11.6. The molecule has 0 spiro atoms. The number of hydrogen-bond donors (Lipinski definition) is 0. The Balaban J connectivity index is 1.83. The molecular formula is C29H32N2O5S. The molecule has 0 radical (unpaired) electrons. The monoisotopic (exact) mass is 520 g/mol. The maximum absolute atomic E-state index is 13.7. The van der Waals surface area contributed by atoms with Gasteiger partial charge in [0.1, 0.15) is 0 Å². The Labute approximate surface area is 220 Å². The van der Waals surface area contributed by atoms with Crippen molar-refractivity contribution < 1.29 is 19.0 Å². The normalized spacial score (nSPS) is 15.4. The van der Waals surface area contributed by atoms with Crippen LogP contribution in [0.2, 0.25) is 0 Å². The number of nitrogens with zero attached hydrogens (tertiary/aromatic N) is 2. The van der Waals surface area contributed by atoms with Gasteiger partial charge in [0.25, 0.3) is 5.56 Å². The lowest BCUT2D eigenvalue weighted by Gasteiger charge is -2.24. The van der Waals surface area contributed by atoms with E-state index in [-0.39, 0.29) is 12.2 Å². The Morgan fingerprint density at radius 3 is 2.51 bits per heavy atom. The molecule has 2 heterocycles. The summed E-state index contributed by atoms with van der Waals surface area (Å²) in [4.78, 5) is 31.9. The standard InChI is InChI=1S/C29H32N2O5S/c1-6-34-23-15-20(13-14-22(23)36-17-18(3)4)16-24-27(32)31-26(21-11-9-8-10-12-21)25(28(33)35-7-2)19(5)30-29(31)37-24/h8-16,18,26H,6-7,17H2,1-5H3/b24-16-/t26-/m1/s1. The van der Waals surface area contributed by atoms with Crippen LogP contribution in [0.1, 0.15) is 51.8 Å².